The fraction of sp³-hybridized carbons (Fsp3) is 0.273. The van der Waals surface area contributed by atoms with Crippen molar-refractivity contribution in [1.29, 1.82) is 0 Å². The molecule has 5 nitrogen and oxygen atoms in total. The van der Waals surface area contributed by atoms with Gasteiger partial charge in [-0.3, -0.25) is 4.79 Å². The number of hydrogen-bond acceptors (Lipinski definition) is 5. The van der Waals surface area contributed by atoms with Crippen molar-refractivity contribution in [2.24, 2.45) is 5.92 Å². The van der Waals surface area contributed by atoms with Gasteiger partial charge in [0.1, 0.15) is 0 Å². The van der Waals surface area contributed by atoms with Crippen LogP contribution < -0.4 is 5.32 Å². The van der Waals surface area contributed by atoms with Crippen molar-refractivity contribution in [2.75, 3.05) is 16.8 Å². The first-order valence-corrected chi connectivity index (χ1v) is 12.1. The van der Waals surface area contributed by atoms with E-state index in [1.807, 2.05) is 38.1 Å². The molecule has 0 saturated carbocycles. The highest BCUT2D eigenvalue weighted by Crippen LogP contribution is 2.39. The third kappa shape index (κ3) is 4.41. The predicted octanol–water partition coefficient (Wildman–Crippen LogP) is 4.47. The normalized spacial score (nSPS) is 17.9. The Morgan fingerprint density at radius 3 is 2.14 bits per heavy atom. The average molecular weight is 427 g/mol. The van der Waals surface area contributed by atoms with Crippen molar-refractivity contribution in [2.45, 2.75) is 20.3 Å². The van der Waals surface area contributed by atoms with Crippen LogP contribution in [0.4, 0.5) is 5.13 Å². The van der Waals surface area contributed by atoms with Crippen molar-refractivity contribution in [1.82, 2.24) is 4.98 Å². The summed E-state index contributed by atoms with van der Waals surface area (Å²) in [5, 5.41) is 3.34. The maximum Gasteiger partial charge on any atom is 0.230 e. The van der Waals surface area contributed by atoms with Gasteiger partial charge >= 0.3 is 0 Å². The number of anilines is 1. The van der Waals surface area contributed by atoms with E-state index in [1.54, 1.807) is 0 Å². The molecule has 1 aromatic heterocycles. The van der Waals surface area contributed by atoms with Crippen LogP contribution >= 0.6 is 11.3 Å². The molecule has 1 fully saturated rings. The highest BCUT2D eigenvalue weighted by Gasteiger charge is 2.33. The predicted molar refractivity (Wildman–Crippen MR) is 118 cm³/mol. The number of hydrogen-bond donors (Lipinski definition) is 1. The molecule has 0 bridgehead atoms. The Morgan fingerprint density at radius 1 is 1.00 bits per heavy atom. The molecule has 1 aliphatic heterocycles. The zero-order valence-electron chi connectivity index (χ0n) is 16.3. The first-order valence-electron chi connectivity index (χ1n) is 9.47. The number of thiazole rings is 1. The second-order valence-electron chi connectivity index (χ2n) is 7.52. The molecule has 2 heterocycles. The van der Waals surface area contributed by atoms with Crippen LogP contribution in [0.15, 0.2) is 48.5 Å². The van der Waals surface area contributed by atoms with E-state index >= 15 is 0 Å². The van der Waals surface area contributed by atoms with E-state index in [2.05, 4.69) is 29.6 Å². The Bertz CT molecular complexity index is 1080. The number of amides is 1. The van der Waals surface area contributed by atoms with E-state index in [4.69, 9.17) is 4.98 Å². The third-order valence-electron chi connectivity index (χ3n) is 5.10. The van der Waals surface area contributed by atoms with E-state index in [-0.39, 0.29) is 17.4 Å². The number of aromatic nitrogens is 1. The molecule has 0 aliphatic carbocycles. The second-order valence-corrected chi connectivity index (χ2v) is 10.7. The summed E-state index contributed by atoms with van der Waals surface area (Å²) < 4.78 is 23.4. The van der Waals surface area contributed by atoms with Gasteiger partial charge < -0.3 is 5.32 Å². The number of rotatable bonds is 4. The molecular weight excluding hydrogens is 404 g/mol. The van der Waals surface area contributed by atoms with E-state index in [9.17, 15) is 13.2 Å². The van der Waals surface area contributed by atoms with Gasteiger partial charge in [-0.2, -0.15) is 0 Å². The van der Waals surface area contributed by atoms with E-state index in [0.717, 1.165) is 27.3 Å². The van der Waals surface area contributed by atoms with Crippen LogP contribution in [0.25, 0.3) is 21.7 Å². The van der Waals surface area contributed by atoms with Gasteiger partial charge in [-0.15, -0.1) is 0 Å². The van der Waals surface area contributed by atoms with Gasteiger partial charge in [0, 0.05) is 5.56 Å². The summed E-state index contributed by atoms with van der Waals surface area (Å²) >= 11 is 1.41. The minimum atomic E-state index is -3.11. The molecule has 4 rings (SSSR count). The number of carbonyl (C=O) groups excluding carboxylic acids is 1. The lowest BCUT2D eigenvalue weighted by Gasteiger charge is -2.06. The highest BCUT2D eigenvalue weighted by molar-refractivity contribution is 7.91. The zero-order valence-corrected chi connectivity index (χ0v) is 17.9. The number of nitrogens with one attached hydrogen (secondary N) is 1. The summed E-state index contributed by atoms with van der Waals surface area (Å²) in [6.45, 7) is 4.08. The van der Waals surface area contributed by atoms with Gasteiger partial charge in [0.15, 0.2) is 15.0 Å². The molecule has 0 radical (unpaired) electrons. The maximum absolute atomic E-state index is 12.6. The van der Waals surface area contributed by atoms with E-state index < -0.39 is 15.8 Å². The Labute approximate surface area is 174 Å². The van der Waals surface area contributed by atoms with Crippen molar-refractivity contribution in [3.63, 3.8) is 0 Å². The second kappa shape index (κ2) is 7.72. The lowest BCUT2D eigenvalue weighted by atomic mass is 10.0. The van der Waals surface area contributed by atoms with Crippen LogP contribution in [0.2, 0.25) is 0 Å². The number of sulfone groups is 1. The largest absolute Gasteiger partial charge is 0.302 e. The van der Waals surface area contributed by atoms with Crippen LogP contribution in [0.1, 0.15) is 17.5 Å². The van der Waals surface area contributed by atoms with Crippen LogP contribution in [0.5, 0.6) is 0 Å². The van der Waals surface area contributed by atoms with Crippen molar-refractivity contribution in [3.8, 4) is 21.7 Å². The van der Waals surface area contributed by atoms with Crippen molar-refractivity contribution < 1.29 is 13.2 Å². The molecule has 1 aliphatic rings. The summed E-state index contributed by atoms with van der Waals surface area (Å²) in [4.78, 5) is 18.2. The third-order valence-corrected chi connectivity index (χ3v) is 7.89. The Morgan fingerprint density at radius 2 is 1.59 bits per heavy atom. The molecule has 1 amide bonds. The molecule has 29 heavy (non-hydrogen) atoms. The Kier molecular flexibility index (Phi) is 5.27. The average Bonchev–Trinajstić information content (AvgIpc) is 3.26. The lowest BCUT2D eigenvalue weighted by molar-refractivity contribution is -0.119. The standard InChI is InChI=1S/C22H22N2O3S2/c1-14-3-7-16(8-4-14)19-20(17-9-5-15(2)6-10-17)28-22(23-19)24-21(25)18-11-12-29(26,27)13-18/h3-10,18H,11-13H2,1-2H3,(H,23,24,25). The number of aryl methyl sites for hydroxylation is 2. The molecular formula is C22H22N2O3S2. The quantitative estimate of drug-likeness (QED) is 0.668. The summed E-state index contributed by atoms with van der Waals surface area (Å²) in [7, 11) is -3.11. The number of benzene rings is 2. The van der Waals surface area contributed by atoms with Crippen molar-refractivity contribution >= 4 is 32.2 Å². The molecule has 0 spiro atoms. The van der Waals surface area contributed by atoms with Crippen LogP contribution in [-0.2, 0) is 14.6 Å². The monoisotopic (exact) mass is 426 g/mol. The van der Waals surface area contributed by atoms with Gasteiger partial charge in [-0.1, -0.05) is 71.0 Å². The molecule has 1 saturated heterocycles. The fourth-order valence-electron chi connectivity index (χ4n) is 3.39. The molecule has 7 heteroatoms. The molecule has 2 aromatic carbocycles. The maximum atomic E-state index is 12.6. The molecule has 1 unspecified atom stereocenters. The van der Waals surface area contributed by atoms with Gasteiger partial charge in [0.25, 0.3) is 0 Å². The topological polar surface area (TPSA) is 76.1 Å². The van der Waals surface area contributed by atoms with E-state index in [0.29, 0.717) is 11.6 Å². The Hall–Kier alpha value is -2.51. The summed E-state index contributed by atoms with van der Waals surface area (Å²) in [6.07, 6.45) is 0.370. The van der Waals surface area contributed by atoms with Gasteiger partial charge in [-0.25, -0.2) is 13.4 Å². The first-order chi connectivity index (χ1) is 13.8. The summed E-state index contributed by atoms with van der Waals surface area (Å²) in [6, 6.07) is 16.3. The van der Waals surface area contributed by atoms with Crippen LogP contribution in [0.3, 0.4) is 0 Å². The van der Waals surface area contributed by atoms with Gasteiger partial charge in [0.05, 0.1) is 28.0 Å². The minimum Gasteiger partial charge on any atom is -0.302 e. The van der Waals surface area contributed by atoms with Crippen molar-refractivity contribution in [3.05, 3.63) is 59.7 Å². The van der Waals surface area contributed by atoms with Crippen LogP contribution in [-0.4, -0.2) is 30.8 Å². The first kappa shape index (κ1) is 19.8. The number of nitrogens with zero attached hydrogens (tertiary/aromatic N) is 1. The highest BCUT2D eigenvalue weighted by atomic mass is 32.2. The molecule has 150 valence electrons. The smallest absolute Gasteiger partial charge is 0.230 e. The SMILES string of the molecule is Cc1ccc(-c2nc(NC(=O)C3CCS(=O)(=O)C3)sc2-c2ccc(C)cc2)cc1. The lowest BCUT2D eigenvalue weighted by Crippen LogP contribution is -2.23. The number of carbonyl (C=O) groups is 1. The minimum absolute atomic E-state index is 0.0756. The molecule has 3 aromatic rings. The fourth-order valence-corrected chi connectivity index (χ4v) is 6.13. The summed E-state index contributed by atoms with van der Waals surface area (Å²) in [5.74, 6) is -0.785. The van der Waals surface area contributed by atoms with Crippen LogP contribution in [0, 0.1) is 19.8 Å². The Balaban J connectivity index is 1.68. The van der Waals surface area contributed by atoms with E-state index in [1.165, 1.54) is 16.9 Å². The molecule has 1 atom stereocenters. The molecule has 1 N–H and O–H groups in total. The summed E-state index contributed by atoms with van der Waals surface area (Å²) in [5.41, 5.74) is 5.16. The van der Waals surface area contributed by atoms with Gasteiger partial charge in [-0.05, 0) is 25.8 Å². The van der Waals surface area contributed by atoms with Gasteiger partial charge in [0.2, 0.25) is 5.91 Å². The zero-order chi connectivity index (χ0) is 20.6.